The summed E-state index contributed by atoms with van der Waals surface area (Å²) in [6, 6.07) is 0. The van der Waals surface area contributed by atoms with Gasteiger partial charge in [-0.1, -0.05) is 18.0 Å². The predicted octanol–water partition coefficient (Wildman–Crippen LogP) is 2.44. The number of fused-ring (bicyclic) bond motifs is 1. The van der Waals surface area contributed by atoms with Crippen molar-refractivity contribution in [2.75, 3.05) is 7.05 Å². The van der Waals surface area contributed by atoms with E-state index < -0.39 is 0 Å². The summed E-state index contributed by atoms with van der Waals surface area (Å²) in [7, 11) is 1.97. The topological polar surface area (TPSA) is 38.1 Å². The Bertz CT molecular complexity index is 377. The molecule has 1 saturated carbocycles. The minimum atomic E-state index is 0.598. The first-order valence-corrected chi connectivity index (χ1v) is 6.44. The third kappa shape index (κ3) is 1.58. The van der Waals surface area contributed by atoms with Crippen molar-refractivity contribution in [3.63, 3.8) is 0 Å². The SMILES string of the molecule is CNCc1noc2c1CC1(CCCC1)CC2. The van der Waals surface area contributed by atoms with Crippen molar-refractivity contribution in [3.8, 4) is 0 Å². The summed E-state index contributed by atoms with van der Waals surface area (Å²) >= 11 is 0. The first-order chi connectivity index (χ1) is 7.83. The lowest BCUT2D eigenvalue weighted by atomic mass is 9.72. The Morgan fingerprint density at radius 2 is 2.12 bits per heavy atom. The summed E-state index contributed by atoms with van der Waals surface area (Å²) < 4.78 is 5.45. The van der Waals surface area contributed by atoms with E-state index in [0.717, 1.165) is 24.4 Å². The highest BCUT2D eigenvalue weighted by Crippen LogP contribution is 2.48. The van der Waals surface area contributed by atoms with Crippen LogP contribution >= 0.6 is 0 Å². The zero-order valence-corrected chi connectivity index (χ0v) is 10.0. The maximum Gasteiger partial charge on any atom is 0.140 e. The first-order valence-electron chi connectivity index (χ1n) is 6.44. The van der Waals surface area contributed by atoms with Gasteiger partial charge in [-0.05, 0) is 38.1 Å². The lowest BCUT2D eigenvalue weighted by Crippen LogP contribution is -2.26. The fourth-order valence-corrected chi connectivity index (χ4v) is 3.48. The second kappa shape index (κ2) is 3.88. The van der Waals surface area contributed by atoms with Gasteiger partial charge in [-0.2, -0.15) is 0 Å². The number of nitrogens with one attached hydrogen (secondary N) is 1. The maximum atomic E-state index is 5.45. The van der Waals surface area contributed by atoms with Gasteiger partial charge in [-0.25, -0.2) is 0 Å². The first kappa shape index (κ1) is 10.3. The van der Waals surface area contributed by atoms with Crippen LogP contribution in [-0.4, -0.2) is 12.2 Å². The summed E-state index contributed by atoms with van der Waals surface area (Å²) in [5.74, 6) is 1.16. The minimum Gasteiger partial charge on any atom is -0.361 e. The molecule has 2 aliphatic carbocycles. The monoisotopic (exact) mass is 220 g/mol. The number of rotatable bonds is 2. The van der Waals surface area contributed by atoms with Crippen LogP contribution in [0.5, 0.6) is 0 Å². The van der Waals surface area contributed by atoms with Gasteiger partial charge in [-0.3, -0.25) is 0 Å². The molecular formula is C13H20N2O. The molecular weight excluding hydrogens is 200 g/mol. The lowest BCUT2D eigenvalue weighted by molar-refractivity contribution is 0.236. The lowest BCUT2D eigenvalue weighted by Gasteiger charge is -2.32. The average Bonchev–Trinajstić information content (AvgIpc) is 2.89. The molecule has 16 heavy (non-hydrogen) atoms. The van der Waals surface area contributed by atoms with Crippen molar-refractivity contribution >= 4 is 0 Å². The fraction of sp³-hybridized carbons (Fsp3) is 0.769. The molecule has 0 aliphatic heterocycles. The van der Waals surface area contributed by atoms with Crippen molar-refractivity contribution in [3.05, 3.63) is 17.0 Å². The largest absolute Gasteiger partial charge is 0.361 e. The number of aryl methyl sites for hydroxylation is 1. The van der Waals surface area contributed by atoms with E-state index in [9.17, 15) is 0 Å². The zero-order valence-electron chi connectivity index (χ0n) is 10.0. The van der Waals surface area contributed by atoms with Gasteiger partial charge in [-0.15, -0.1) is 0 Å². The van der Waals surface area contributed by atoms with E-state index in [1.165, 1.54) is 44.1 Å². The van der Waals surface area contributed by atoms with Crippen molar-refractivity contribution in [2.45, 2.75) is 51.5 Å². The molecule has 1 heterocycles. The van der Waals surface area contributed by atoms with Gasteiger partial charge in [0.2, 0.25) is 0 Å². The van der Waals surface area contributed by atoms with Gasteiger partial charge in [0, 0.05) is 18.5 Å². The zero-order chi connectivity index (χ0) is 11.0. The van der Waals surface area contributed by atoms with Crippen LogP contribution in [0.1, 0.15) is 49.1 Å². The Morgan fingerprint density at radius 1 is 1.31 bits per heavy atom. The molecule has 3 nitrogen and oxygen atoms in total. The van der Waals surface area contributed by atoms with E-state index in [-0.39, 0.29) is 0 Å². The number of nitrogens with zero attached hydrogens (tertiary/aromatic N) is 1. The van der Waals surface area contributed by atoms with E-state index in [1.54, 1.807) is 0 Å². The molecule has 1 spiro atoms. The fourth-order valence-electron chi connectivity index (χ4n) is 3.48. The van der Waals surface area contributed by atoms with Gasteiger partial charge in [0.1, 0.15) is 11.5 Å². The second-order valence-electron chi connectivity index (χ2n) is 5.45. The molecule has 88 valence electrons. The van der Waals surface area contributed by atoms with Crippen LogP contribution in [-0.2, 0) is 19.4 Å². The Hall–Kier alpha value is -0.830. The summed E-state index contributed by atoms with van der Waals surface area (Å²) in [6.45, 7) is 0.842. The highest BCUT2D eigenvalue weighted by Gasteiger charge is 2.39. The summed E-state index contributed by atoms with van der Waals surface area (Å²) in [5, 5.41) is 7.38. The highest BCUT2D eigenvalue weighted by atomic mass is 16.5. The molecule has 0 atom stereocenters. The van der Waals surface area contributed by atoms with Crippen LogP contribution in [0.15, 0.2) is 4.52 Å². The molecule has 1 aromatic heterocycles. The Kier molecular flexibility index (Phi) is 2.51. The predicted molar refractivity (Wildman–Crippen MR) is 62.2 cm³/mol. The van der Waals surface area contributed by atoms with Gasteiger partial charge >= 0.3 is 0 Å². The quantitative estimate of drug-likeness (QED) is 0.832. The van der Waals surface area contributed by atoms with Crippen molar-refractivity contribution in [2.24, 2.45) is 5.41 Å². The van der Waals surface area contributed by atoms with E-state index in [2.05, 4.69) is 10.5 Å². The smallest absolute Gasteiger partial charge is 0.140 e. The van der Waals surface area contributed by atoms with Gasteiger partial charge in [0.05, 0.1) is 0 Å². The third-order valence-corrected chi connectivity index (χ3v) is 4.39. The van der Waals surface area contributed by atoms with Crippen molar-refractivity contribution in [1.82, 2.24) is 10.5 Å². The normalized spacial score (nSPS) is 22.6. The Morgan fingerprint density at radius 3 is 2.88 bits per heavy atom. The van der Waals surface area contributed by atoms with Crippen LogP contribution < -0.4 is 5.32 Å². The van der Waals surface area contributed by atoms with Crippen LogP contribution in [0, 0.1) is 5.41 Å². The number of aromatic nitrogens is 1. The third-order valence-electron chi connectivity index (χ3n) is 4.39. The molecule has 1 aromatic rings. The van der Waals surface area contributed by atoms with E-state index in [4.69, 9.17) is 4.52 Å². The summed E-state index contributed by atoms with van der Waals surface area (Å²) in [5.41, 5.74) is 3.16. The molecule has 2 aliphatic rings. The Balaban J connectivity index is 1.88. The molecule has 0 radical (unpaired) electrons. The average molecular weight is 220 g/mol. The van der Waals surface area contributed by atoms with Gasteiger partial charge < -0.3 is 9.84 Å². The van der Waals surface area contributed by atoms with E-state index >= 15 is 0 Å². The van der Waals surface area contributed by atoms with E-state index in [1.807, 2.05) is 7.05 Å². The molecule has 3 heteroatoms. The molecule has 0 amide bonds. The highest BCUT2D eigenvalue weighted by molar-refractivity contribution is 5.28. The molecule has 0 bridgehead atoms. The molecule has 1 fully saturated rings. The summed E-state index contributed by atoms with van der Waals surface area (Å²) in [4.78, 5) is 0. The number of hydrogen-bond acceptors (Lipinski definition) is 3. The van der Waals surface area contributed by atoms with Gasteiger partial charge in [0.15, 0.2) is 0 Å². The Labute approximate surface area is 96.6 Å². The van der Waals surface area contributed by atoms with Crippen molar-refractivity contribution in [1.29, 1.82) is 0 Å². The van der Waals surface area contributed by atoms with Crippen LogP contribution in [0.4, 0.5) is 0 Å². The van der Waals surface area contributed by atoms with E-state index in [0.29, 0.717) is 5.41 Å². The van der Waals surface area contributed by atoms with Crippen molar-refractivity contribution < 1.29 is 4.52 Å². The van der Waals surface area contributed by atoms with Crippen LogP contribution in [0.25, 0.3) is 0 Å². The number of hydrogen-bond donors (Lipinski definition) is 1. The standard InChI is InChI=1S/C13H20N2O/c1-14-9-11-10-8-13(5-2-3-6-13)7-4-12(10)16-15-11/h14H,2-9H2,1H3. The molecule has 0 aromatic carbocycles. The van der Waals surface area contributed by atoms with Crippen LogP contribution in [0.2, 0.25) is 0 Å². The maximum absolute atomic E-state index is 5.45. The van der Waals surface area contributed by atoms with Crippen LogP contribution in [0.3, 0.4) is 0 Å². The second-order valence-corrected chi connectivity index (χ2v) is 5.45. The molecule has 0 unspecified atom stereocenters. The molecule has 0 saturated heterocycles. The molecule has 3 rings (SSSR count). The summed E-state index contributed by atoms with van der Waals surface area (Å²) in [6.07, 6.45) is 9.29. The molecule has 1 N–H and O–H groups in total. The van der Waals surface area contributed by atoms with Gasteiger partial charge in [0.25, 0.3) is 0 Å². The minimum absolute atomic E-state index is 0.598.